The predicted octanol–water partition coefficient (Wildman–Crippen LogP) is 1.55. The van der Waals surface area contributed by atoms with Gasteiger partial charge in [-0.2, -0.15) is 10.2 Å². The fraction of sp³-hybridized carbons (Fsp3) is 0.154. The van der Waals surface area contributed by atoms with Gasteiger partial charge in [0.15, 0.2) is 17.2 Å². The number of para-hydroxylation sites is 1. The average molecular weight is 309 g/mol. The van der Waals surface area contributed by atoms with E-state index in [0.29, 0.717) is 11.3 Å². The van der Waals surface area contributed by atoms with Gasteiger partial charge >= 0.3 is 0 Å². The summed E-state index contributed by atoms with van der Waals surface area (Å²) in [6.45, 7) is 0. The number of phenolic OH excluding ortho intramolecular Hbond substituents is 1. The Labute approximate surface area is 125 Å². The number of benzene rings is 1. The van der Waals surface area contributed by atoms with Gasteiger partial charge < -0.3 is 9.84 Å². The highest BCUT2D eigenvalue weighted by Gasteiger charge is 2.13. The van der Waals surface area contributed by atoms with Gasteiger partial charge in [-0.1, -0.05) is 17.7 Å². The lowest BCUT2D eigenvalue weighted by molar-refractivity contribution is 0.0949. The Kier molecular flexibility index (Phi) is 4.44. The third-order valence-electron chi connectivity index (χ3n) is 2.62. The number of nitrogens with zero attached hydrogens (tertiary/aromatic N) is 3. The van der Waals surface area contributed by atoms with Crippen LogP contribution in [-0.4, -0.2) is 34.1 Å². The quantitative estimate of drug-likeness (QED) is 0.662. The molecule has 1 aromatic heterocycles. The van der Waals surface area contributed by atoms with E-state index in [9.17, 15) is 9.90 Å². The summed E-state index contributed by atoms with van der Waals surface area (Å²) in [5.74, 6) is -0.286. The fourth-order valence-corrected chi connectivity index (χ4v) is 1.90. The number of halogens is 1. The lowest BCUT2D eigenvalue weighted by Gasteiger charge is -2.04. The zero-order chi connectivity index (χ0) is 15.4. The molecule has 7 nitrogen and oxygen atoms in total. The number of carbonyl (C=O) groups is 1. The van der Waals surface area contributed by atoms with Gasteiger partial charge in [-0.15, -0.1) is 0 Å². The summed E-state index contributed by atoms with van der Waals surface area (Å²) in [6.07, 6.45) is 2.81. The van der Waals surface area contributed by atoms with Gasteiger partial charge in [0, 0.05) is 18.8 Å². The number of methoxy groups -OCH3 is 1. The number of nitrogens with one attached hydrogen (secondary N) is 1. The Morgan fingerprint density at radius 1 is 1.57 bits per heavy atom. The average Bonchev–Trinajstić information content (AvgIpc) is 2.79. The van der Waals surface area contributed by atoms with E-state index in [1.54, 1.807) is 25.2 Å². The van der Waals surface area contributed by atoms with Crippen LogP contribution in [0.3, 0.4) is 0 Å². The van der Waals surface area contributed by atoms with Crippen molar-refractivity contribution in [3.8, 4) is 11.5 Å². The number of rotatable bonds is 4. The van der Waals surface area contributed by atoms with Crippen molar-refractivity contribution in [1.82, 2.24) is 15.2 Å². The largest absolute Gasteiger partial charge is 0.504 e. The molecule has 0 radical (unpaired) electrons. The van der Waals surface area contributed by atoms with E-state index < -0.39 is 5.91 Å². The van der Waals surface area contributed by atoms with E-state index in [2.05, 4.69) is 15.6 Å². The van der Waals surface area contributed by atoms with Gasteiger partial charge in [0.05, 0.1) is 18.3 Å². The van der Waals surface area contributed by atoms with Crippen LogP contribution < -0.4 is 10.2 Å². The Morgan fingerprint density at radius 2 is 2.33 bits per heavy atom. The van der Waals surface area contributed by atoms with E-state index >= 15 is 0 Å². The summed E-state index contributed by atoms with van der Waals surface area (Å²) in [5, 5.41) is 17.8. The minimum absolute atomic E-state index is 0.0612. The molecular formula is C13H13ClN4O3. The molecule has 1 aromatic carbocycles. The van der Waals surface area contributed by atoms with Crippen LogP contribution >= 0.6 is 11.6 Å². The van der Waals surface area contributed by atoms with Crippen molar-refractivity contribution < 1.29 is 14.6 Å². The monoisotopic (exact) mass is 308 g/mol. The summed E-state index contributed by atoms with van der Waals surface area (Å²) >= 11 is 5.85. The van der Waals surface area contributed by atoms with Crippen molar-refractivity contribution in [2.75, 3.05) is 7.11 Å². The van der Waals surface area contributed by atoms with E-state index in [4.69, 9.17) is 16.3 Å². The van der Waals surface area contributed by atoms with Crippen LogP contribution in [0.5, 0.6) is 11.5 Å². The number of hydrazone groups is 1. The molecule has 110 valence electrons. The van der Waals surface area contributed by atoms with E-state index in [-0.39, 0.29) is 16.5 Å². The highest BCUT2D eigenvalue weighted by molar-refractivity contribution is 6.33. The number of aromatic hydroxyl groups is 1. The van der Waals surface area contributed by atoms with Crippen molar-refractivity contribution in [2.24, 2.45) is 12.1 Å². The van der Waals surface area contributed by atoms with Crippen molar-refractivity contribution >= 4 is 23.7 Å². The van der Waals surface area contributed by atoms with Crippen LogP contribution in [0.1, 0.15) is 16.1 Å². The van der Waals surface area contributed by atoms with Gasteiger partial charge in [-0.25, -0.2) is 5.43 Å². The van der Waals surface area contributed by atoms with Crippen LogP contribution in [0.2, 0.25) is 5.02 Å². The fourth-order valence-electron chi connectivity index (χ4n) is 1.64. The standard InChI is InChI=1S/C13H13ClN4O3/c1-18-7-9(14)11(17-18)13(20)16-15-6-8-4-3-5-10(21-2)12(8)19/h3-7,19H,1-2H3,(H,16,20). The summed E-state index contributed by atoms with van der Waals surface area (Å²) < 4.78 is 6.40. The predicted molar refractivity (Wildman–Crippen MR) is 77.9 cm³/mol. The molecule has 2 aromatic rings. The third kappa shape index (κ3) is 3.32. The van der Waals surface area contributed by atoms with Crippen molar-refractivity contribution in [2.45, 2.75) is 0 Å². The maximum Gasteiger partial charge on any atom is 0.293 e. The minimum atomic E-state index is -0.542. The second kappa shape index (κ2) is 6.27. The molecule has 0 spiro atoms. The van der Waals surface area contributed by atoms with Crippen molar-refractivity contribution in [1.29, 1.82) is 0 Å². The van der Waals surface area contributed by atoms with Gasteiger partial charge in [-0.3, -0.25) is 9.48 Å². The van der Waals surface area contributed by atoms with Gasteiger partial charge in [0.25, 0.3) is 5.91 Å². The highest BCUT2D eigenvalue weighted by atomic mass is 35.5. The molecule has 0 aliphatic carbocycles. The van der Waals surface area contributed by atoms with Gasteiger partial charge in [-0.05, 0) is 12.1 Å². The van der Waals surface area contributed by atoms with Gasteiger partial charge in [0.1, 0.15) is 0 Å². The molecule has 8 heteroatoms. The third-order valence-corrected chi connectivity index (χ3v) is 2.90. The van der Waals surface area contributed by atoms with Crippen LogP contribution in [0.4, 0.5) is 0 Å². The molecule has 1 heterocycles. The number of phenols is 1. The molecule has 0 aliphatic heterocycles. The molecule has 0 fully saturated rings. The minimum Gasteiger partial charge on any atom is -0.504 e. The number of hydrogen-bond donors (Lipinski definition) is 2. The second-order valence-corrected chi connectivity index (χ2v) is 4.50. The first kappa shape index (κ1) is 14.9. The zero-order valence-electron chi connectivity index (χ0n) is 11.4. The van der Waals surface area contributed by atoms with Crippen LogP contribution in [-0.2, 0) is 7.05 Å². The summed E-state index contributed by atoms with van der Waals surface area (Å²) in [7, 11) is 3.10. The van der Waals surface area contributed by atoms with E-state index in [0.717, 1.165) is 0 Å². The summed E-state index contributed by atoms with van der Waals surface area (Å²) in [5.41, 5.74) is 2.76. The molecule has 2 N–H and O–H groups in total. The van der Waals surface area contributed by atoms with Crippen molar-refractivity contribution in [3.05, 3.63) is 40.7 Å². The molecule has 0 unspecified atom stereocenters. The molecule has 0 saturated heterocycles. The molecular weight excluding hydrogens is 296 g/mol. The van der Waals surface area contributed by atoms with Gasteiger partial charge in [0.2, 0.25) is 0 Å². The number of carbonyl (C=O) groups excluding carboxylic acids is 1. The number of amides is 1. The highest BCUT2D eigenvalue weighted by Crippen LogP contribution is 2.27. The Balaban J connectivity index is 2.09. The zero-order valence-corrected chi connectivity index (χ0v) is 12.1. The summed E-state index contributed by atoms with van der Waals surface area (Å²) in [4.78, 5) is 11.8. The van der Waals surface area contributed by atoms with Crippen LogP contribution in [0, 0.1) is 0 Å². The molecule has 2 rings (SSSR count). The number of ether oxygens (including phenoxy) is 1. The SMILES string of the molecule is COc1cccc(C=NNC(=O)c2nn(C)cc2Cl)c1O. The maximum atomic E-state index is 11.8. The van der Waals surface area contributed by atoms with Crippen molar-refractivity contribution in [3.63, 3.8) is 0 Å². The molecule has 0 aliphatic rings. The number of aromatic nitrogens is 2. The molecule has 0 saturated carbocycles. The first-order valence-electron chi connectivity index (χ1n) is 5.91. The maximum absolute atomic E-state index is 11.8. The normalized spacial score (nSPS) is 10.8. The number of hydrogen-bond acceptors (Lipinski definition) is 5. The second-order valence-electron chi connectivity index (χ2n) is 4.10. The summed E-state index contributed by atoms with van der Waals surface area (Å²) in [6, 6.07) is 4.93. The van der Waals surface area contributed by atoms with E-state index in [1.807, 2.05) is 0 Å². The lowest BCUT2D eigenvalue weighted by Crippen LogP contribution is -2.18. The topological polar surface area (TPSA) is 88.7 Å². The Hall–Kier alpha value is -2.54. The molecule has 0 atom stereocenters. The van der Waals surface area contributed by atoms with Crippen LogP contribution in [0.25, 0.3) is 0 Å². The lowest BCUT2D eigenvalue weighted by atomic mass is 10.2. The smallest absolute Gasteiger partial charge is 0.293 e. The molecule has 21 heavy (non-hydrogen) atoms. The molecule has 0 bridgehead atoms. The Bertz CT molecular complexity index is 697. The first-order chi connectivity index (χ1) is 10.0. The Morgan fingerprint density at radius 3 is 2.95 bits per heavy atom. The first-order valence-corrected chi connectivity index (χ1v) is 6.29. The van der Waals surface area contributed by atoms with Crippen LogP contribution in [0.15, 0.2) is 29.5 Å². The molecule has 1 amide bonds. The van der Waals surface area contributed by atoms with E-state index in [1.165, 1.54) is 24.2 Å². The number of aryl methyl sites for hydroxylation is 1.